The SMILES string of the molecule is CC(C)(C)OC(=O)N[C@@H](Cc1cccc(OCc2ccccc2)c1)[C@H](O)CNC1(c2cc(C(C)(C)C)ccn2)CC1. The number of carbonyl (C=O) groups is 1. The minimum atomic E-state index is -0.861. The Kier molecular flexibility index (Phi) is 9.40. The molecular formula is C34H45N3O4. The number of nitrogens with one attached hydrogen (secondary N) is 2. The Hall–Kier alpha value is -3.42. The highest BCUT2D eigenvalue weighted by Gasteiger charge is 2.46. The lowest BCUT2D eigenvalue weighted by molar-refractivity contribution is 0.0418. The number of alkyl carbamates (subject to hydrolysis) is 1. The molecule has 1 aliphatic rings. The second-order valence-corrected chi connectivity index (χ2v) is 13.1. The monoisotopic (exact) mass is 559 g/mol. The molecule has 7 heteroatoms. The normalized spacial score (nSPS) is 16.0. The minimum Gasteiger partial charge on any atom is -0.489 e. The fourth-order valence-corrected chi connectivity index (χ4v) is 4.75. The van der Waals surface area contributed by atoms with Gasteiger partial charge >= 0.3 is 6.09 Å². The molecule has 1 heterocycles. The van der Waals surface area contributed by atoms with Gasteiger partial charge in [0.05, 0.1) is 23.4 Å². The summed E-state index contributed by atoms with van der Waals surface area (Å²) in [7, 11) is 0. The highest BCUT2D eigenvalue weighted by molar-refractivity contribution is 5.68. The molecule has 1 fully saturated rings. The number of aliphatic hydroxyl groups excluding tert-OH is 1. The number of rotatable bonds is 11. The first-order valence-corrected chi connectivity index (χ1v) is 14.5. The number of aliphatic hydroxyl groups is 1. The number of aromatic nitrogens is 1. The van der Waals surface area contributed by atoms with Gasteiger partial charge in [-0.05, 0) is 86.4 Å². The van der Waals surface area contributed by atoms with Gasteiger partial charge in [-0.3, -0.25) is 4.98 Å². The van der Waals surface area contributed by atoms with E-state index >= 15 is 0 Å². The van der Waals surface area contributed by atoms with Crippen LogP contribution in [0.25, 0.3) is 0 Å². The standard InChI is InChI=1S/C34H45N3O4/c1-32(2,3)26-15-18-35-30(21-26)34(16-17-34)36-22-29(38)28(37-31(39)41-33(4,5)6)20-25-13-10-14-27(19-25)40-23-24-11-8-7-9-12-24/h7-15,18-19,21,28-29,36,38H,16-17,20,22-23H2,1-6H3,(H,37,39)/t28-,29+/m0/s1. The summed E-state index contributed by atoms with van der Waals surface area (Å²) in [5.41, 5.74) is 3.37. The van der Waals surface area contributed by atoms with Crippen LogP contribution in [0.3, 0.4) is 0 Å². The van der Waals surface area contributed by atoms with Crippen molar-refractivity contribution >= 4 is 6.09 Å². The van der Waals surface area contributed by atoms with Gasteiger partial charge in [0, 0.05) is 12.7 Å². The molecule has 0 radical (unpaired) electrons. The summed E-state index contributed by atoms with van der Waals surface area (Å²) < 4.78 is 11.5. The average Bonchev–Trinajstić information content (AvgIpc) is 3.71. The summed E-state index contributed by atoms with van der Waals surface area (Å²) in [6.45, 7) is 12.8. The number of carbonyl (C=O) groups excluding carboxylic acids is 1. The van der Waals surface area contributed by atoms with Crippen molar-refractivity contribution < 1.29 is 19.4 Å². The van der Waals surface area contributed by atoms with Gasteiger partial charge in [0.15, 0.2) is 0 Å². The second-order valence-electron chi connectivity index (χ2n) is 13.1. The molecule has 4 rings (SSSR count). The highest BCUT2D eigenvalue weighted by Crippen LogP contribution is 2.45. The van der Waals surface area contributed by atoms with Crippen LogP contribution in [0, 0.1) is 0 Å². The van der Waals surface area contributed by atoms with Crippen molar-refractivity contribution in [2.75, 3.05) is 6.54 Å². The number of pyridine rings is 1. The van der Waals surface area contributed by atoms with E-state index in [1.807, 2.05) is 81.6 Å². The van der Waals surface area contributed by atoms with E-state index in [1.54, 1.807) is 0 Å². The van der Waals surface area contributed by atoms with Crippen LogP contribution in [0.2, 0.25) is 0 Å². The van der Waals surface area contributed by atoms with Gasteiger partial charge in [-0.1, -0.05) is 63.2 Å². The Balaban J connectivity index is 1.45. The molecule has 0 saturated heterocycles. The van der Waals surface area contributed by atoms with Crippen molar-refractivity contribution in [2.45, 2.75) is 96.1 Å². The van der Waals surface area contributed by atoms with E-state index in [-0.39, 0.29) is 11.0 Å². The predicted octanol–water partition coefficient (Wildman–Crippen LogP) is 6.03. The average molecular weight is 560 g/mol. The molecule has 3 aromatic rings. The molecule has 3 N–H and O–H groups in total. The largest absolute Gasteiger partial charge is 0.489 e. The van der Waals surface area contributed by atoms with Gasteiger partial charge < -0.3 is 25.2 Å². The Morgan fingerprint density at radius 3 is 2.34 bits per heavy atom. The van der Waals surface area contributed by atoms with Crippen LogP contribution in [0.1, 0.15) is 76.8 Å². The first-order chi connectivity index (χ1) is 19.3. The first kappa shape index (κ1) is 30.5. The number of amides is 1. The number of hydrogen-bond donors (Lipinski definition) is 3. The maximum atomic E-state index is 12.8. The maximum absolute atomic E-state index is 12.8. The van der Waals surface area contributed by atoms with E-state index in [9.17, 15) is 9.90 Å². The maximum Gasteiger partial charge on any atom is 0.407 e. The third-order valence-electron chi connectivity index (χ3n) is 7.28. The van der Waals surface area contributed by atoms with E-state index in [0.29, 0.717) is 19.6 Å². The van der Waals surface area contributed by atoms with Gasteiger partial charge in [0.1, 0.15) is 18.0 Å². The molecule has 0 aliphatic heterocycles. The number of nitrogens with zero attached hydrogens (tertiary/aromatic N) is 1. The van der Waals surface area contributed by atoms with E-state index in [0.717, 1.165) is 35.4 Å². The fourth-order valence-electron chi connectivity index (χ4n) is 4.75. The van der Waals surface area contributed by atoms with E-state index < -0.39 is 23.8 Å². The zero-order valence-corrected chi connectivity index (χ0v) is 25.2. The minimum absolute atomic E-state index is 0.0229. The van der Waals surface area contributed by atoms with Gasteiger partial charge in [0.2, 0.25) is 0 Å². The summed E-state index contributed by atoms with van der Waals surface area (Å²) in [6, 6.07) is 21.4. The van der Waals surface area contributed by atoms with Crippen LogP contribution in [0.15, 0.2) is 72.9 Å². The lowest BCUT2D eigenvalue weighted by atomic mass is 9.86. The molecule has 0 spiro atoms. The first-order valence-electron chi connectivity index (χ1n) is 14.5. The van der Waals surface area contributed by atoms with E-state index in [4.69, 9.17) is 9.47 Å². The molecule has 41 heavy (non-hydrogen) atoms. The summed E-state index contributed by atoms with van der Waals surface area (Å²) in [4.78, 5) is 17.4. The van der Waals surface area contributed by atoms with Gasteiger partial charge in [0.25, 0.3) is 0 Å². The second kappa shape index (κ2) is 12.6. The predicted molar refractivity (Wildman–Crippen MR) is 162 cm³/mol. The van der Waals surface area contributed by atoms with Crippen molar-refractivity contribution in [3.05, 3.63) is 95.3 Å². The topological polar surface area (TPSA) is 92.7 Å². The molecule has 1 aromatic heterocycles. The van der Waals surface area contributed by atoms with Crippen molar-refractivity contribution in [1.29, 1.82) is 0 Å². The van der Waals surface area contributed by atoms with E-state index in [1.165, 1.54) is 5.56 Å². The van der Waals surface area contributed by atoms with Crippen molar-refractivity contribution in [2.24, 2.45) is 0 Å². The Morgan fingerprint density at radius 1 is 0.976 bits per heavy atom. The quantitative estimate of drug-likeness (QED) is 0.266. The summed E-state index contributed by atoms with van der Waals surface area (Å²) in [6.07, 6.45) is 2.76. The van der Waals surface area contributed by atoms with Crippen LogP contribution in [-0.2, 0) is 28.7 Å². The van der Waals surface area contributed by atoms with Crippen molar-refractivity contribution in [1.82, 2.24) is 15.6 Å². The molecule has 7 nitrogen and oxygen atoms in total. The number of benzene rings is 2. The van der Waals surface area contributed by atoms with Gasteiger partial charge in [-0.25, -0.2) is 4.79 Å². The lowest BCUT2D eigenvalue weighted by Gasteiger charge is -2.29. The molecule has 2 atom stereocenters. The Bertz CT molecular complexity index is 1290. The third-order valence-corrected chi connectivity index (χ3v) is 7.28. The van der Waals surface area contributed by atoms with Crippen molar-refractivity contribution in [3.8, 4) is 5.75 Å². The lowest BCUT2D eigenvalue weighted by Crippen LogP contribution is -2.51. The van der Waals surface area contributed by atoms with Crippen LogP contribution >= 0.6 is 0 Å². The molecule has 1 aliphatic carbocycles. The van der Waals surface area contributed by atoms with Gasteiger partial charge in [-0.15, -0.1) is 0 Å². The zero-order valence-electron chi connectivity index (χ0n) is 25.2. The summed E-state index contributed by atoms with van der Waals surface area (Å²) in [5, 5.41) is 17.9. The van der Waals surface area contributed by atoms with Crippen LogP contribution in [0.4, 0.5) is 4.79 Å². The molecule has 0 bridgehead atoms. The smallest absolute Gasteiger partial charge is 0.407 e. The van der Waals surface area contributed by atoms with E-state index in [2.05, 4.69) is 48.5 Å². The Morgan fingerprint density at radius 2 is 1.68 bits per heavy atom. The van der Waals surface area contributed by atoms with Crippen molar-refractivity contribution in [3.63, 3.8) is 0 Å². The number of ether oxygens (including phenoxy) is 2. The highest BCUT2D eigenvalue weighted by atomic mass is 16.6. The molecule has 2 aromatic carbocycles. The van der Waals surface area contributed by atoms with Crippen LogP contribution in [-0.4, -0.2) is 40.5 Å². The van der Waals surface area contributed by atoms with Gasteiger partial charge in [-0.2, -0.15) is 0 Å². The summed E-state index contributed by atoms with van der Waals surface area (Å²) in [5.74, 6) is 0.733. The number of hydrogen-bond acceptors (Lipinski definition) is 6. The zero-order chi connectivity index (χ0) is 29.7. The molecular weight excluding hydrogens is 514 g/mol. The molecule has 1 saturated carbocycles. The molecule has 0 unspecified atom stereocenters. The van der Waals surface area contributed by atoms with Crippen LogP contribution in [0.5, 0.6) is 5.75 Å². The molecule has 1 amide bonds. The fraction of sp³-hybridized carbons (Fsp3) is 0.471. The third kappa shape index (κ3) is 9.03. The summed E-state index contributed by atoms with van der Waals surface area (Å²) >= 11 is 0. The van der Waals surface area contributed by atoms with Crippen LogP contribution < -0.4 is 15.4 Å². The molecule has 220 valence electrons. The Labute approximate surface area is 244 Å².